The van der Waals surface area contributed by atoms with Crippen LogP contribution < -0.4 is 4.90 Å². The average Bonchev–Trinajstić information content (AvgIpc) is 3.15. The molecule has 9 aromatic rings. The summed E-state index contributed by atoms with van der Waals surface area (Å²) in [7, 11) is 0. The van der Waals surface area contributed by atoms with Crippen molar-refractivity contribution in [3.05, 3.63) is 188 Å². The van der Waals surface area contributed by atoms with Gasteiger partial charge in [-0.3, -0.25) is 0 Å². The van der Waals surface area contributed by atoms with E-state index in [1.807, 2.05) is 0 Å². The van der Waals surface area contributed by atoms with Crippen molar-refractivity contribution in [3.8, 4) is 22.3 Å². The first-order valence-corrected chi connectivity index (χ1v) is 16.2. The minimum atomic E-state index is 1.12. The minimum Gasteiger partial charge on any atom is -0.310 e. The van der Waals surface area contributed by atoms with Crippen LogP contribution >= 0.6 is 0 Å². The number of rotatable bonds is 5. The third kappa shape index (κ3) is 4.72. The molecule has 1 nitrogen and oxygen atoms in total. The molecule has 0 atom stereocenters. The SMILES string of the molecule is c1ccc2c(-c3ccc(N(c4ccc(-c5cccc6ccccc56)cc4)c4cc5ccccc5c5ccccc45)cc3)cccc2c1. The Bertz CT molecular complexity index is 2430. The number of fused-ring (bicyclic) bond motifs is 5. The highest BCUT2D eigenvalue weighted by Crippen LogP contribution is 2.43. The largest absolute Gasteiger partial charge is 0.310 e. The molecule has 0 amide bonds. The molecular weight excluding hydrogens is 567 g/mol. The van der Waals surface area contributed by atoms with Gasteiger partial charge in [-0.25, -0.2) is 0 Å². The van der Waals surface area contributed by atoms with Crippen LogP contribution in [-0.4, -0.2) is 0 Å². The van der Waals surface area contributed by atoms with Crippen molar-refractivity contribution in [1.29, 1.82) is 0 Å². The van der Waals surface area contributed by atoms with Gasteiger partial charge in [-0.05, 0) is 90.3 Å². The fourth-order valence-corrected chi connectivity index (χ4v) is 7.18. The van der Waals surface area contributed by atoms with E-state index in [1.165, 1.54) is 65.3 Å². The Balaban J connectivity index is 1.22. The number of benzene rings is 9. The van der Waals surface area contributed by atoms with Gasteiger partial charge in [0.1, 0.15) is 0 Å². The Morgan fingerprint density at radius 3 is 1.21 bits per heavy atom. The van der Waals surface area contributed by atoms with Crippen LogP contribution in [0.25, 0.3) is 65.3 Å². The van der Waals surface area contributed by atoms with E-state index in [0.29, 0.717) is 0 Å². The van der Waals surface area contributed by atoms with Crippen molar-refractivity contribution in [2.75, 3.05) is 4.90 Å². The molecule has 0 saturated heterocycles. The van der Waals surface area contributed by atoms with Gasteiger partial charge in [0.25, 0.3) is 0 Å². The predicted octanol–water partition coefficient (Wildman–Crippen LogP) is 13.1. The molecule has 0 heterocycles. The van der Waals surface area contributed by atoms with Crippen molar-refractivity contribution in [1.82, 2.24) is 0 Å². The molecule has 0 fully saturated rings. The van der Waals surface area contributed by atoms with Gasteiger partial charge in [0.2, 0.25) is 0 Å². The quantitative estimate of drug-likeness (QED) is 0.178. The number of hydrogen-bond donors (Lipinski definition) is 0. The van der Waals surface area contributed by atoms with E-state index in [4.69, 9.17) is 0 Å². The zero-order chi connectivity index (χ0) is 31.2. The molecule has 0 spiro atoms. The third-order valence-electron chi connectivity index (χ3n) is 9.44. The maximum Gasteiger partial charge on any atom is 0.0546 e. The summed E-state index contributed by atoms with van der Waals surface area (Å²) in [6.07, 6.45) is 0. The van der Waals surface area contributed by atoms with E-state index < -0.39 is 0 Å². The molecule has 0 unspecified atom stereocenters. The van der Waals surface area contributed by atoms with E-state index in [1.54, 1.807) is 0 Å². The second-order valence-electron chi connectivity index (χ2n) is 12.1. The lowest BCUT2D eigenvalue weighted by atomic mass is 9.96. The Morgan fingerprint density at radius 1 is 0.277 bits per heavy atom. The second kappa shape index (κ2) is 11.3. The van der Waals surface area contributed by atoms with Crippen molar-refractivity contribution in [3.63, 3.8) is 0 Å². The van der Waals surface area contributed by atoms with Crippen molar-refractivity contribution in [2.45, 2.75) is 0 Å². The summed E-state index contributed by atoms with van der Waals surface area (Å²) in [6.45, 7) is 0. The summed E-state index contributed by atoms with van der Waals surface area (Å²) in [5, 5.41) is 10.0. The Hall–Kier alpha value is -6.18. The van der Waals surface area contributed by atoms with Crippen molar-refractivity contribution < 1.29 is 0 Å². The molecule has 1 heteroatoms. The van der Waals surface area contributed by atoms with Gasteiger partial charge < -0.3 is 4.90 Å². The monoisotopic (exact) mass is 597 g/mol. The van der Waals surface area contributed by atoms with Crippen LogP contribution in [0.4, 0.5) is 17.1 Å². The van der Waals surface area contributed by atoms with Crippen LogP contribution in [0.3, 0.4) is 0 Å². The van der Waals surface area contributed by atoms with E-state index in [2.05, 4.69) is 193 Å². The van der Waals surface area contributed by atoms with Crippen LogP contribution in [0.15, 0.2) is 188 Å². The van der Waals surface area contributed by atoms with Gasteiger partial charge >= 0.3 is 0 Å². The summed E-state index contributed by atoms with van der Waals surface area (Å²) >= 11 is 0. The van der Waals surface area contributed by atoms with Crippen LogP contribution in [0.5, 0.6) is 0 Å². The number of anilines is 3. The Kier molecular flexibility index (Phi) is 6.54. The fraction of sp³-hybridized carbons (Fsp3) is 0. The predicted molar refractivity (Wildman–Crippen MR) is 202 cm³/mol. The number of nitrogens with zero attached hydrogens (tertiary/aromatic N) is 1. The molecule has 0 aliphatic carbocycles. The van der Waals surface area contributed by atoms with Gasteiger partial charge in [0.05, 0.1) is 5.69 Å². The number of hydrogen-bond acceptors (Lipinski definition) is 1. The molecule has 0 aliphatic heterocycles. The first-order chi connectivity index (χ1) is 23.3. The molecule has 0 N–H and O–H groups in total. The Labute approximate surface area is 274 Å². The van der Waals surface area contributed by atoms with E-state index >= 15 is 0 Å². The molecule has 47 heavy (non-hydrogen) atoms. The molecule has 0 aromatic heterocycles. The molecule has 0 aliphatic rings. The van der Waals surface area contributed by atoms with Gasteiger partial charge in [-0.15, -0.1) is 0 Å². The van der Waals surface area contributed by atoms with Gasteiger partial charge in [-0.1, -0.05) is 158 Å². The lowest BCUT2D eigenvalue weighted by molar-refractivity contribution is 1.30. The maximum absolute atomic E-state index is 2.41. The molecule has 220 valence electrons. The molecular formula is C46H31N. The lowest BCUT2D eigenvalue weighted by Gasteiger charge is -2.28. The summed E-state index contributed by atoms with van der Waals surface area (Å²) in [6, 6.07) is 68.3. The molecule has 9 aromatic carbocycles. The summed E-state index contributed by atoms with van der Waals surface area (Å²) in [4.78, 5) is 2.41. The zero-order valence-electron chi connectivity index (χ0n) is 25.8. The van der Waals surface area contributed by atoms with Gasteiger partial charge in [0, 0.05) is 16.8 Å². The minimum absolute atomic E-state index is 1.12. The Morgan fingerprint density at radius 2 is 0.681 bits per heavy atom. The van der Waals surface area contributed by atoms with Crippen LogP contribution in [0.1, 0.15) is 0 Å². The third-order valence-corrected chi connectivity index (χ3v) is 9.44. The summed E-state index contributed by atoms with van der Waals surface area (Å²) in [5.41, 5.74) is 8.31. The highest BCUT2D eigenvalue weighted by Gasteiger charge is 2.18. The molecule has 0 saturated carbocycles. The topological polar surface area (TPSA) is 3.24 Å². The van der Waals surface area contributed by atoms with Crippen LogP contribution in [0.2, 0.25) is 0 Å². The van der Waals surface area contributed by atoms with Crippen LogP contribution in [0, 0.1) is 0 Å². The zero-order valence-corrected chi connectivity index (χ0v) is 25.8. The van der Waals surface area contributed by atoms with Gasteiger partial charge in [-0.2, -0.15) is 0 Å². The van der Waals surface area contributed by atoms with E-state index in [-0.39, 0.29) is 0 Å². The fourth-order valence-electron chi connectivity index (χ4n) is 7.18. The summed E-state index contributed by atoms with van der Waals surface area (Å²) < 4.78 is 0. The van der Waals surface area contributed by atoms with E-state index in [9.17, 15) is 0 Å². The van der Waals surface area contributed by atoms with Gasteiger partial charge in [0.15, 0.2) is 0 Å². The first kappa shape index (κ1) is 27.2. The highest BCUT2D eigenvalue weighted by molar-refractivity contribution is 6.14. The van der Waals surface area contributed by atoms with Crippen LogP contribution in [-0.2, 0) is 0 Å². The molecule has 9 rings (SSSR count). The van der Waals surface area contributed by atoms with Crippen molar-refractivity contribution >= 4 is 60.2 Å². The average molecular weight is 598 g/mol. The molecule has 0 bridgehead atoms. The second-order valence-corrected chi connectivity index (χ2v) is 12.1. The lowest BCUT2D eigenvalue weighted by Crippen LogP contribution is -2.10. The standard InChI is InChI=1S/C46H31N/c1-4-16-39-32(11-1)14-9-21-41(39)34-23-27-37(28-24-34)47(46-31-36-13-3-6-18-43(36)44-19-7-8-20-45(44)46)38-29-25-35(26-30-38)42-22-10-15-33-12-2-5-17-40(33)42/h1-31H. The maximum atomic E-state index is 2.41. The molecule has 0 radical (unpaired) electrons. The summed E-state index contributed by atoms with van der Waals surface area (Å²) in [5.74, 6) is 0. The first-order valence-electron chi connectivity index (χ1n) is 16.2. The highest BCUT2D eigenvalue weighted by atomic mass is 15.1. The van der Waals surface area contributed by atoms with Crippen molar-refractivity contribution in [2.24, 2.45) is 0 Å². The normalized spacial score (nSPS) is 11.4. The smallest absolute Gasteiger partial charge is 0.0546 e. The van der Waals surface area contributed by atoms with E-state index in [0.717, 1.165) is 17.1 Å².